The lowest BCUT2D eigenvalue weighted by Crippen LogP contribution is -2.48. The van der Waals surface area contributed by atoms with Gasteiger partial charge in [-0.15, -0.1) is 0 Å². The van der Waals surface area contributed by atoms with Gasteiger partial charge >= 0.3 is 0 Å². The Kier molecular flexibility index (Phi) is 7.90. The Morgan fingerprint density at radius 1 is 1.27 bits per heavy atom. The second kappa shape index (κ2) is 10.2. The maximum Gasteiger partial charge on any atom is 0.251 e. The van der Waals surface area contributed by atoms with Gasteiger partial charge in [-0.25, -0.2) is 8.42 Å². The third-order valence-corrected chi connectivity index (χ3v) is 7.79. The van der Waals surface area contributed by atoms with E-state index in [4.69, 9.17) is 4.74 Å². The average Bonchev–Trinajstić information content (AvgIpc) is 2.72. The highest BCUT2D eigenvalue weighted by Gasteiger charge is 2.31. The monoisotopic (exact) mass is 437 g/mol. The summed E-state index contributed by atoms with van der Waals surface area (Å²) in [7, 11) is -3.60. The van der Waals surface area contributed by atoms with E-state index in [9.17, 15) is 13.2 Å². The Labute approximate surface area is 180 Å². The van der Waals surface area contributed by atoms with E-state index in [1.54, 1.807) is 22.5 Å². The lowest BCUT2D eigenvalue weighted by atomic mass is 10.1. The third-order valence-electron chi connectivity index (χ3n) is 5.78. The predicted molar refractivity (Wildman–Crippen MR) is 117 cm³/mol. The maximum absolute atomic E-state index is 13.1. The van der Waals surface area contributed by atoms with Crippen LogP contribution < -0.4 is 5.32 Å². The van der Waals surface area contributed by atoms with E-state index in [2.05, 4.69) is 24.1 Å². The Balaban J connectivity index is 1.62. The Hall–Kier alpha value is -1.48. The molecule has 3 rings (SSSR count). The van der Waals surface area contributed by atoms with Gasteiger partial charge in [-0.1, -0.05) is 26.3 Å². The predicted octanol–water partition coefficient (Wildman–Crippen LogP) is 2.34. The minimum absolute atomic E-state index is 0.0153. The van der Waals surface area contributed by atoms with Crippen LogP contribution in [-0.2, 0) is 14.8 Å². The Morgan fingerprint density at radius 2 is 2.07 bits per heavy atom. The standard InChI is InChI=1S/C22H35N3O4S/c1-17(2)15-24-11-12-29-20(16-24)14-23-22(26)19-8-6-9-21(13-19)30(27,28)25-10-5-4-7-18(25)3/h6,8-9,13,17-18,20H,4-5,7,10-12,14-16H2,1-3H3,(H,23,26). The van der Waals surface area contributed by atoms with Gasteiger partial charge in [0.15, 0.2) is 0 Å². The van der Waals surface area contributed by atoms with Crippen molar-refractivity contribution in [2.45, 2.75) is 57.1 Å². The topological polar surface area (TPSA) is 79.0 Å². The molecule has 0 saturated carbocycles. The molecule has 7 nitrogen and oxygen atoms in total. The molecule has 0 radical (unpaired) electrons. The van der Waals surface area contributed by atoms with Crippen molar-refractivity contribution in [1.82, 2.24) is 14.5 Å². The zero-order valence-electron chi connectivity index (χ0n) is 18.3. The number of morpholine rings is 1. The van der Waals surface area contributed by atoms with Crippen molar-refractivity contribution in [3.63, 3.8) is 0 Å². The summed E-state index contributed by atoms with van der Waals surface area (Å²) in [5.41, 5.74) is 0.357. The van der Waals surface area contributed by atoms with Crippen molar-refractivity contribution in [2.24, 2.45) is 5.92 Å². The molecule has 2 fully saturated rings. The molecule has 0 aliphatic carbocycles. The number of nitrogens with zero attached hydrogens (tertiary/aromatic N) is 2. The van der Waals surface area contributed by atoms with E-state index in [-0.39, 0.29) is 22.9 Å². The van der Waals surface area contributed by atoms with Gasteiger partial charge in [0.05, 0.1) is 17.6 Å². The van der Waals surface area contributed by atoms with Gasteiger partial charge in [-0.2, -0.15) is 4.31 Å². The number of carbonyl (C=O) groups excluding carboxylic acids is 1. The summed E-state index contributed by atoms with van der Waals surface area (Å²) < 4.78 is 33.5. The fourth-order valence-corrected chi connectivity index (χ4v) is 6.00. The van der Waals surface area contributed by atoms with Gasteiger partial charge in [-0.05, 0) is 43.9 Å². The second-order valence-corrected chi connectivity index (χ2v) is 10.7. The number of ether oxygens (including phenoxy) is 1. The van der Waals surface area contributed by atoms with Crippen molar-refractivity contribution < 1.29 is 17.9 Å². The van der Waals surface area contributed by atoms with E-state index >= 15 is 0 Å². The minimum atomic E-state index is -3.60. The first kappa shape index (κ1) is 23.2. The maximum atomic E-state index is 13.1. The average molecular weight is 438 g/mol. The highest BCUT2D eigenvalue weighted by molar-refractivity contribution is 7.89. The van der Waals surface area contributed by atoms with Gasteiger partial charge in [-0.3, -0.25) is 9.69 Å². The molecule has 1 aromatic carbocycles. The van der Waals surface area contributed by atoms with Crippen LogP contribution in [0.1, 0.15) is 50.4 Å². The van der Waals surface area contributed by atoms with Gasteiger partial charge in [0.1, 0.15) is 0 Å². The number of benzene rings is 1. The van der Waals surface area contributed by atoms with Gasteiger partial charge in [0, 0.05) is 44.3 Å². The molecular weight excluding hydrogens is 402 g/mol. The third kappa shape index (κ3) is 5.81. The van der Waals surface area contributed by atoms with Crippen LogP contribution in [0.2, 0.25) is 0 Å². The molecule has 2 aliphatic heterocycles. The minimum Gasteiger partial charge on any atom is -0.374 e. The van der Waals surface area contributed by atoms with Crippen LogP contribution in [0, 0.1) is 5.92 Å². The summed E-state index contributed by atoms with van der Waals surface area (Å²) in [5.74, 6) is 0.314. The number of carbonyl (C=O) groups is 1. The summed E-state index contributed by atoms with van der Waals surface area (Å²) in [6.07, 6.45) is 2.74. The molecule has 2 saturated heterocycles. The number of amides is 1. The number of hydrogen-bond donors (Lipinski definition) is 1. The first-order chi connectivity index (χ1) is 14.3. The van der Waals surface area contributed by atoms with Gasteiger partial charge in [0.2, 0.25) is 10.0 Å². The molecule has 30 heavy (non-hydrogen) atoms. The number of nitrogens with one attached hydrogen (secondary N) is 1. The SMILES string of the molecule is CC(C)CN1CCOC(CNC(=O)c2cccc(S(=O)(=O)N3CCCCC3C)c2)C1. The van der Waals surface area contributed by atoms with Crippen molar-refractivity contribution in [2.75, 3.05) is 39.3 Å². The van der Waals surface area contributed by atoms with E-state index < -0.39 is 10.0 Å². The molecule has 1 aromatic rings. The quantitative estimate of drug-likeness (QED) is 0.708. The molecule has 1 N–H and O–H groups in total. The summed E-state index contributed by atoms with van der Waals surface area (Å²) in [6, 6.07) is 6.33. The van der Waals surface area contributed by atoms with E-state index in [0.717, 1.165) is 38.9 Å². The zero-order chi connectivity index (χ0) is 21.7. The van der Waals surface area contributed by atoms with Crippen molar-refractivity contribution in [1.29, 1.82) is 0 Å². The Morgan fingerprint density at radius 3 is 2.80 bits per heavy atom. The van der Waals surface area contributed by atoms with Gasteiger partial charge in [0.25, 0.3) is 5.91 Å². The number of piperidine rings is 1. The van der Waals surface area contributed by atoms with Crippen LogP contribution in [0.5, 0.6) is 0 Å². The van der Waals surface area contributed by atoms with Crippen molar-refractivity contribution >= 4 is 15.9 Å². The first-order valence-electron chi connectivity index (χ1n) is 11.0. The summed E-state index contributed by atoms with van der Waals surface area (Å²) >= 11 is 0. The first-order valence-corrected chi connectivity index (χ1v) is 12.5. The van der Waals surface area contributed by atoms with E-state index in [0.29, 0.717) is 31.2 Å². The van der Waals surface area contributed by atoms with Gasteiger partial charge < -0.3 is 10.1 Å². The summed E-state index contributed by atoms with van der Waals surface area (Å²) in [6.45, 7) is 10.7. The smallest absolute Gasteiger partial charge is 0.251 e. The summed E-state index contributed by atoms with van der Waals surface area (Å²) in [4.78, 5) is 15.2. The largest absolute Gasteiger partial charge is 0.374 e. The fraction of sp³-hybridized carbons (Fsp3) is 0.682. The molecule has 2 heterocycles. The molecule has 0 aromatic heterocycles. The number of sulfonamides is 1. The van der Waals surface area contributed by atoms with Crippen LogP contribution in [0.3, 0.4) is 0 Å². The fourth-order valence-electron chi connectivity index (χ4n) is 4.26. The highest BCUT2D eigenvalue weighted by atomic mass is 32.2. The highest BCUT2D eigenvalue weighted by Crippen LogP contribution is 2.25. The Bertz CT molecular complexity index is 827. The zero-order valence-corrected chi connectivity index (χ0v) is 19.2. The van der Waals surface area contributed by atoms with Crippen molar-refractivity contribution in [3.8, 4) is 0 Å². The van der Waals surface area contributed by atoms with Crippen LogP contribution in [0.4, 0.5) is 0 Å². The molecule has 1 amide bonds. The molecule has 0 spiro atoms. The van der Waals surface area contributed by atoms with Crippen LogP contribution in [0.15, 0.2) is 29.2 Å². The second-order valence-electron chi connectivity index (χ2n) is 8.84. The molecule has 2 unspecified atom stereocenters. The molecule has 168 valence electrons. The molecule has 2 aliphatic rings. The van der Waals surface area contributed by atoms with Crippen molar-refractivity contribution in [3.05, 3.63) is 29.8 Å². The molecule has 0 bridgehead atoms. The lowest BCUT2D eigenvalue weighted by molar-refractivity contribution is -0.0295. The molecule has 2 atom stereocenters. The van der Waals surface area contributed by atoms with Crippen LogP contribution in [-0.4, -0.2) is 75.0 Å². The molecule has 8 heteroatoms. The molecular formula is C22H35N3O4S. The number of rotatable bonds is 7. The summed E-state index contributed by atoms with van der Waals surface area (Å²) in [5, 5.41) is 2.91. The van der Waals surface area contributed by atoms with Crippen LogP contribution >= 0.6 is 0 Å². The lowest BCUT2D eigenvalue weighted by Gasteiger charge is -2.34. The van der Waals surface area contributed by atoms with E-state index in [1.807, 2.05) is 6.92 Å². The normalized spacial score (nSPS) is 24.1. The number of hydrogen-bond acceptors (Lipinski definition) is 5. The van der Waals surface area contributed by atoms with E-state index in [1.165, 1.54) is 6.07 Å². The van der Waals surface area contributed by atoms with Crippen LogP contribution in [0.25, 0.3) is 0 Å².